The molecule has 0 N–H and O–H groups in total. The summed E-state index contributed by atoms with van der Waals surface area (Å²) in [5, 5.41) is 0.725. The smallest absolute Gasteiger partial charge is 0.223 e. The fourth-order valence-electron chi connectivity index (χ4n) is 2.95. The summed E-state index contributed by atoms with van der Waals surface area (Å²) in [6.07, 6.45) is 0.576. The van der Waals surface area contributed by atoms with E-state index < -0.39 is 0 Å². The number of halogens is 1. The molecule has 0 saturated carbocycles. The number of hydrogen-bond acceptors (Lipinski definition) is 4. The van der Waals surface area contributed by atoms with E-state index in [1.165, 1.54) is 11.3 Å². The standard InChI is InChI=1S/C19H21ClN2O2S/c1-14-2-8-18(25-14)17(23)7-9-19(24)22-12-10-21(11-13-22)16-5-3-15(20)4-6-16/h2-6,8H,7,9-13H2,1H3. The first-order valence-corrected chi connectivity index (χ1v) is 9.60. The lowest BCUT2D eigenvalue weighted by Crippen LogP contribution is -2.48. The molecule has 0 bridgehead atoms. The van der Waals surface area contributed by atoms with Crippen LogP contribution in [0.5, 0.6) is 0 Å². The zero-order valence-electron chi connectivity index (χ0n) is 14.2. The first kappa shape index (κ1) is 18.0. The van der Waals surface area contributed by atoms with E-state index in [2.05, 4.69) is 4.90 Å². The second-order valence-corrected chi connectivity index (χ2v) is 7.90. The molecule has 2 aromatic rings. The van der Waals surface area contributed by atoms with Crippen molar-refractivity contribution in [2.24, 2.45) is 0 Å². The van der Waals surface area contributed by atoms with Crippen molar-refractivity contribution < 1.29 is 9.59 Å². The maximum Gasteiger partial charge on any atom is 0.223 e. The highest BCUT2D eigenvalue weighted by atomic mass is 35.5. The Kier molecular flexibility index (Phi) is 5.76. The fraction of sp³-hybridized carbons (Fsp3) is 0.368. The second-order valence-electron chi connectivity index (χ2n) is 6.18. The van der Waals surface area contributed by atoms with E-state index in [1.807, 2.05) is 48.2 Å². The van der Waals surface area contributed by atoms with Gasteiger partial charge < -0.3 is 9.80 Å². The predicted octanol–water partition coefficient (Wildman–Crippen LogP) is 4.02. The van der Waals surface area contributed by atoms with Gasteiger partial charge in [0.05, 0.1) is 4.88 Å². The van der Waals surface area contributed by atoms with Crippen molar-refractivity contribution in [1.29, 1.82) is 0 Å². The van der Waals surface area contributed by atoms with E-state index >= 15 is 0 Å². The quantitative estimate of drug-likeness (QED) is 0.740. The SMILES string of the molecule is Cc1ccc(C(=O)CCC(=O)N2CCN(c3ccc(Cl)cc3)CC2)s1. The average molecular weight is 377 g/mol. The third-order valence-electron chi connectivity index (χ3n) is 4.41. The first-order valence-electron chi connectivity index (χ1n) is 8.41. The van der Waals surface area contributed by atoms with Gasteiger partial charge in [0.25, 0.3) is 0 Å². The number of carbonyl (C=O) groups is 2. The maximum atomic E-state index is 12.4. The average Bonchev–Trinajstić information content (AvgIpc) is 3.07. The summed E-state index contributed by atoms with van der Waals surface area (Å²) in [5.74, 6) is 0.128. The van der Waals surface area contributed by atoms with Gasteiger partial charge >= 0.3 is 0 Å². The molecule has 3 rings (SSSR count). The van der Waals surface area contributed by atoms with Gasteiger partial charge in [-0.1, -0.05) is 11.6 Å². The molecular formula is C19H21ClN2O2S. The second kappa shape index (κ2) is 8.02. The molecule has 0 radical (unpaired) electrons. The molecule has 132 valence electrons. The van der Waals surface area contributed by atoms with Crippen LogP contribution in [0.25, 0.3) is 0 Å². The third kappa shape index (κ3) is 4.61. The summed E-state index contributed by atoms with van der Waals surface area (Å²) in [4.78, 5) is 30.5. The molecule has 1 aromatic heterocycles. The number of rotatable bonds is 5. The van der Waals surface area contributed by atoms with Crippen LogP contribution in [-0.4, -0.2) is 42.8 Å². The molecular weight excluding hydrogens is 356 g/mol. The van der Waals surface area contributed by atoms with Crippen molar-refractivity contribution >= 4 is 40.3 Å². The summed E-state index contributed by atoms with van der Waals surface area (Å²) in [6.45, 7) is 4.95. The number of anilines is 1. The lowest BCUT2D eigenvalue weighted by atomic mass is 10.1. The van der Waals surface area contributed by atoms with Gasteiger partial charge in [-0.2, -0.15) is 0 Å². The van der Waals surface area contributed by atoms with Crippen molar-refractivity contribution in [3.63, 3.8) is 0 Å². The molecule has 0 atom stereocenters. The van der Waals surface area contributed by atoms with Crippen LogP contribution in [0.15, 0.2) is 36.4 Å². The Morgan fingerprint density at radius 3 is 2.28 bits per heavy atom. The van der Waals surface area contributed by atoms with E-state index in [9.17, 15) is 9.59 Å². The summed E-state index contributed by atoms with van der Waals surface area (Å²) in [6, 6.07) is 11.6. The summed E-state index contributed by atoms with van der Waals surface area (Å²) in [7, 11) is 0. The number of benzene rings is 1. The molecule has 2 heterocycles. The molecule has 6 heteroatoms. The van der Waals surface area contributed by atoms with E-state index in [1.54, 1.807) is 0 Å². The minimum absolute atomic E-state index is 0.0613. The Bertz CT molecular complexity index is 749. The van der Waals surface area contributed by atoms with Gasteiger partial charge in [-0.05, 0) is 43.3 Å². The molecule has 0 unspecified atom stereocenters. The first-order chi connectivity index (χ1) is 12.0. The van der Waals surface area contributed by atoms with Crippen molar-refractivity contribution in [2.45, 2.75) is 19.8 Å². The van der Waals surface area contributed by atoms with Crippen molar-refractivity contribution in [2.75, 3.05) is 31.1 Å². The van der Waals surface area contributed by atoms with Crippen LogP contribution < -0.4 is 4.90 Å². The zero-order valence-corrected chi connectivity index (χ0v) is 15.8. The van der Waals surface area contributed by atoms with Crippen molar-refractivity contribution in [1.82, 2.24) is 4.90 Å². The molecule has 0 aliphatic carbocycles. The van der Waals surface area contributed by atoms with E-state index in [-0.39, 0.29) is 24.5 Å². The normalized spacial score (nSPS) is 14.6. The molecule has 4 nitrogen and oxygen atoms in total. The molecule has 1 aromatic carbocycles. The largest absolute Gasteiger partial charge is 0.368 e. The third-order valence-corrected chi connectivity index (χ3v) is 5.70. The monoisotopic (exact) mass is 376 g/mol. The lowest BCUT2D eigenvalue weighted by Gasteiger charge is -2.36. The Labute approximate surface area is 157 Å². The zero-order chi connectivity index (χ0) is 17.8. The van der Waals surface area contributed by atoms with Crippen molar-refractivity contribution in [3.8, 4) is 0 Å². The van der Waals surface area contributed by atoms with Gasteiger partial charge in [0.15, 0.2) is 5.78 Å². The number of piperazine rings is 1. The highest BCUT2D eigenvalue weighted by Gasteiger charge is 2.22. The summed E-state index contributed by atoms with van der Waals surface area (Å²) in [5.41, 5.74) is 1.12. The van der Waals surface area contributed by atoms with Crippen LogP contribution >= 0.6 is 22.9 Å². The van der Waals surface area contributed by atoms with Gasteiger partial charge in [-0.25, -0.2) is 0 Å². The van der Waals surface area contributed by atoms with Crippen LogP contribution in [0.1, 0.15) is 27.4 Å². The van der Waals surface area contributed by atoms with Gasteiger partial charge in [0.2, 0.25) is 5.91 Å². The minimum atomic E-state index is 0.0613. The van der Waals surface area contributed by atoms with Crippen LogP contribution in [0.2, 0.25) is 5.02 Å². The Balaban J connectivity index is 1.46. The highest BCUT2D eigenvalue weighted by Crippen LogP contribution is 2.20. The number of amides is 1. The number of hydrogen-bond donors (Lipinski definition) is 0. The van der Waals surface area contributed by atoms with Gasteiger partial charge in [-0.3, -0.25) is 9.59 Å². The van der Waals surface area contributed by atoms with Crippen LogP contribution in [-0.2, 0) is 4.79 Å². The molecule has 1 aliphatic rings. The number of nitrogens with zero attached hydrogens (tertiary/aromatic N) is 2. The maximum absolute atomic E-state index is 12.4. The molecule has 25 heavy (non-hydrogen) atoms. The van der Waals surface area contributed by atoms with Gasteiger partial charge in [0.1, 0.15) is 0 Å². The Morgan fingerprint density at radius 2 is 1.68 bits per heavy atom. The lowest BCUT2D eigenvalue weighted by molar-refractivity contribution is -0.131. The Hall–Kier alpha value is -1.85. The topological polar surface area (TPSA) is 40.6 Å². The van der Waals surface area contributed by atoms with Crippen LogP contribution in [0.3, 0.4) is 0 Å². The van der Waals surface area contributed by atoms with E-state index in [0.717, 1.165) is 33.6 Å². The number of Topliss-reactive ketones (excluding diaryl/α,β-unsaturated/α-hetero) is 1. The Morgan fingerprint density at radius 1 is 1.00 bits per heavy atom. The molecule has 1 saturated heterocycles. The minimum Gasteiger partial charge on any atom is -0.368 e. The fourth-order valence-corrected chi connectivity index (χ4v) is 3.91. The predicted molar refractivity (Wildman–Crippen MR) is 103 cm³/mol. The van der Waals surface area contributed by atoms with Crippen molar-refractivity contribution in [3.05, 3.63) is 51.2 Å². The number of carbonyl (C=O) groups excluding carboxylic acids is 2. The molecule has 1 amide bonds. The van der Waals surface area contributed by atoms with Crippen LogP contribution in [0.4, 0.5) is 5.69 Å². The molecule has 1 fully saturated rings. The summed E-state index contributed by atoms with van der Waals surface area (Å²) < 4.78 is 0. The van der Waals surface area contributed by atoms with Gasteiger partial charge in [-0.15, -0.1) is 11.3 Å². The van der Waals surface area contributed by atoms with E-state index in [0.29, 0.717) is 13.1 Å². The summed E-state index contributed by atoms with van der Waals surface area (Å²) >= 11 is 7.41. The van der Waals surface area contributed by atoms with E-state index in [4.69, 9.17) is 11.6 Å². The number of thiophene rings is 1. The molecule has 0 spiro atoms. The highest BCUT2D eigenvalue weighted by molar-refractivity contribution is 7.14. The molecule has 1 aliphatic heterocycles. The van der Waals surface area contributed by atoms with Crippen LogP contribution in [0, 0.1) is 6.92 Å². The number of ketones is 1. The number of aryl methyl sites for hydroxylation is 1. The van der Waals surface area contributed by atoms with Gasteiger partial charge in [0, 0.05) is 54.6 Å².